The van der Waals surface area contributed by atoms with E-state index in [1.807, 2.05) is 19.2 Å². The van der Waals surface area contributed by atoms with E-state index < -0.39 is 0 Å². The van der Waals surface area contributed by atoms with Crippen molar-refractivity contribution >= 4 is 0 Å². The number of benzene rings is 1. The molecule has 0 unspecified atom stereocenters. The number of rotatable bonds is 6. The molecule has 5 nitrogen and oxygen atoms in total. The van der Waals surface area contributed by atoms with Crippen LogP contribution in [-0.4, -0.2) is 19.7 Å². The highest BCUT2D eigenvalue weighted by molar-refractivity contribution is 5.19. The summed E-state index contributed by atoms with van der Waals surface area (Å²) in [6.45, 7) is 2.96. The molecule has 1 saturated carbocycles. The van der Waals surface area contributed by atoms with Crippen LogP contribution in [0.1, 0.15) is 48.0 Å². The highest BCUT2D eigenvalue weighted by atomic mass is 19.1. The normalized spacial score (nSPS) is 14.2. The van der Waals surface area contributed by atoms with Gasteiger partial charge in [-0.3, -0.25) is 4.68 Å². The summed E-state index contributed by atoms with van der Waals surface area (Å²) in [5, 5.41) is 4.30. The van der Waals surface area contributed by atoms with Crippen molar-refractivity contribution in [2.75, 3.05) is 0 Å². The minimum absolute atomic E-state index is 0.236. The zero-order chi connectivity index (χ0) is 17.9. The van der Waals surface area contributed by atoms with Crippen molar-refractivity contribution in [2.45, 2.75) is 45.3 Å². The molecule has 0 aliphatic heterocycles. The van der Waals surface area contributed by atoms with Crippen LogP contribution in [0.5, 0.6) is 5.75 Å². The summed E-state index contributed by atoms with van der Waals surface area (Å²) in [6, 6.07) is 8.37. The Morgan fingerprint density at radius 3 is 2.73 bits per heavy atom. The largest absolute Gasteiger partial charge is 0.484 e. The van der Waals surface area contributed by atoms with E-state index in [-0.39, 0.29) is 5.82 Å². The summed E-state index contributed by atoms with van der Waals surface area (Å²) in [6.07, 6.45) is 7.15. The zero-order valence-corrected chi connectivity index (χ0v) is 14.7. The number of aryl methyl sites for hydroxylation is 1. The molecule has 2 aromatic heterocycles. The van der Waals surface area contributed by atoms with Crippen LogP contribution in [0, 0.1) is 12.7 Å². The first-order valence-electron chi connectivity index (χ1n) is 8.90. The van der Waals surface area contributed by atoms with Crippen molar-refractivity contribution in [3.05, 3.63) is 71.3 Å². The van der Waals surface area contributed by atoms with E-state index in [0.717, 1.165) is 22.8 Å². The summed E-state index contributed by atoms with van der Waals surface area (Å²) < 4.78 is 20.6. The molecule has 0 saturated heterocycles. The van der Waals surface area contributed by atoms with Crippen LogP contribution < -0.4 is 4.74 Å². The van der Waals surface area contributed by atoms with Crippen molar-refractivity contribution in [1.29, 1.82) is 0 Å². The molecule has 2 heterocycles. The molecule has 0 radical (unpaired) electrons. The number of aromatic nitrogens is 4. The maximum absolute atomic E-state index is 13.0. The third-order valence-corrected chi connectivity index (χ3v) is 4.65. The molecule has 0 atom stereocenters. The van der Waals surface area contributed by atoms with Crippen molar-refractivity contribution in [3.8, 4) is 5.75 Å². The minimum Gasteiger partial charge on any atom is -0.484 e. The van der Waals surface area contributed by atoms with Crippen LogP contribution >= 0.6 is 0 Å². The van der Waals surface area contributed by atoms with Gasteiger partial charge in [-0.2, -0.15) is 5.10 Å². The van der Waals surface area contributed by atoms with E-state index in [0.29, 0.717) is 24.8 Å². The van der Waals surface area contributed by atoms with Gasteiger partial charge in [0.2, 0.25) is 0 Å². The van der Waals surface area contributed by atoms with Gasteiger partial charge in [0.25, 0.3) is 0 Å². The van der Waals surface area contributed by atoms with Crippen molar-refractivity contribution in [3.63, 3.8) is 0 Å². The van der Waals surface area contributed by atoms with Gasteiger partial charge < -0.3 is 4.74 Å². The summed E-state index contributed by atoms with van der Waals surface area (Å²) >= 11 is 0. The van der Waals surface area contributed by atoms with Crippen LogP contribution in [0.3, 0.4) is 0 Å². The molecule has 0 spiro atoms. The Hall–Kier alpha value is -2.76. The SMILES string of the molecule is Cc1cc(COc2cnn(Cc3ccc(F)cc3)c2)nc(C2CCC2)n1. The first kappa shape index (κ1) is 16.7. The lowest BCUT2D eigenvalue weighted by Gasteiger charge is -2.24. The van der Waals surface area contributed by atoms with Gasteiger partial charge in [0.05, 0.1) is 24.6 Å². The molecule has 134 valence electrons. The van der Waals surface area contributed by atoms with E-state index in [1.54, 1.807) is 23.0 Å². The van der Waals surface area contributed by atoms with Gasteiger partial charge in [-0.05, 0) is 43.5 Å². The highest BCUT2D eigenvalue weighted by Gasteiger charge is 2.22. The Kier molecular flexibility index (Phi) is 4.65. The average Bonchev–Trinajstić information content (AvgIpc) is 3.01. The monoisotopic (exact) mass is 352 g/mol. The zero-order valence-electron chi connectivity index (χ0n) is 14.7. The summed E-state index contributed by atoms with van der Waals surface area (Å²) in [7, 11) is 0. The molecule has 4 rings (SSSR count). The summed E-state index contributed by atoms with van der Waals surface area (Å²) in [5.74, 6) is 1.90. The van der Waals surface area contributed by atoms with Crippen LogP contribution in [-0.2, 0) is 13.2 Å². The Labute approximate surface area is 151 Å². The number of hydrogen-bond donors (Lipinski definition) is 0. The fraction of sp³-hybridized carbons (Fsp3) is 0.350. The second-order valence-electron chi connectivity index (χ2n) is 6.78. The van der Waals surface area contributed by atoms with E-state index in [2.05, 4.69) is 15.1 Å². The van der Waals surface area contributed by atoms with Gasteiger partial charge in [-0.1, -0.05) is 18.6 Å². The Balaban J connectivity index is 1.38. The third-order valence-electron chi connectivity index (χ3n) is 4.65. The maximum atomic E-state index is 13.0. The lowest BCUT2D eigenvalue weighted by atomic mass is 9.85. The molecular weight excluding hydrogens is 331 g/mol. The molecule has 26 heavy (non-hydrogen) atoms. The van der Waals surface area contributed by atoms with Crippen molar-refractivity contribution < 1.29 is 9.13 Å². The van der Waals surface area contributed by atoms with Crippen LogP contribution in [0.25, 0.3) is 0 Å². The minimum atomic E-state index is -0.236. The lowest BCUT2D eigenvalue weighted by molar-refractivity contribution is 0.298. The smallest absolute Gasteiger partial charge is 0.157 e. The molecule has 0 N–H and O–H groups in total. The first-order valence-corrected chi connectivity index (χ1v) is 8.90. The van der Waals surface area contributed by atoms with Crippen LogP contribution in [0.4, 0.5) is 4.39 Å². The highest BCUT2D eigenvalue weighted by Crippen LogP contribution is 2.34. The summed E-state index contributed by atoms with van der Waals surface area (Å²) in [4.78, 5) is 9.21. The molecule has 1 fully saturated rings. The Morgan fingerprint density at radius 1 is 1.19 bits per heavy atom. The molecule has 0 amide bonds. The summed E-state index contributed by atoms with van der Waals surface area (Å²) in [5.41, 5.74) is 2.86. The number of nitrogens with zero attached hydrogens (tertiary/aromatic N) is 4. The number of ether oxygens (including phenoxy) is 1. The van der Waals surface area contributed by atoms with E-state index >= 15 is 0 Å². The molecule has 1 aliphatic rings. The number of halogens is 1. The molecule has 0 bridgehead atoms. The van der Waals surface area contributed by atoms with E-state index in [4.69, 9.17) is 4.74 Å². The van der Waals surface area contributed by atoms with Crippen LogP contribution in [0.2, 0.25) is 0 Å². The van der Waals surface area contributed by atoms with E-state index in [1.165, 1.54) is 31.4 Å². The predicted octanol–water partition coefficient (Wildman–Crippen LogP) is 4.02. The molecule has 6 heteroatoms. The van der Waals surface area contributed by atoms with Gasteiger partial charge in [0.15, 0.2) is 5.75 Å². The first-order chi connectivity index (χ1) is 12.7. The predicted molar refractivity (Wildman–Crippen MR) is 95.4 cm³/mol. The fourth-order valence-corrected chi connectivity index (χ4v) is 3.02. The fourth-order valence-electron chi connectivity index (χ4n) is 3.02. The Morgan fingerprint density at radius 2 is 2.00 bits per heavy atom. The van der Waals surface area contributed by atoms with E-state index in [9.17, 15) is 4.39 Å². The molecule has 1 aromatic carbocycles. The third kappa shape index (κ3) is 3.90. The van der Waals surface area contributed by atoms with Crippen molar-refractivity contribution in [1.82, 2.24) is 19.7 Å². The topological polar surface area (TPSA) is 52.8 Å². The number of hydrogen-bond acceptors (Lipinski definition) is 4. The van der Waals surface area contributed by atoms with Gasteiger partial charge in [-0.25, -0.2) is 14.4 Å². The van der Waals surface area contributed by atoms with Crippen molar-refractivity contribution in [2.24, 2.45) is 0 Å². The van der Waals surface area contributed by atoms with Crippen LogP contribution in [0.15, 0.2) is 42.7 Å². The molecule has 1 aliphatic carbocycles. The standard InChI is InChI=1S/C20H21FN4O/c1-14-9-18(24-20(23-14)16-3-2-4-16)13-26-19-10-22-25(12-19)11-15-5-7-17(21)8-6-15/h5-10,12,16H,2-4,11,13H2,1H3. The van der Waals surface area contributed by atoms with Gasteiger partial charge >= 0.3 is 0 Å². The molecular formula is C20H21FN4O. The maximum Gasteiger partial charge on any atom is 0.157 e. The van der Waals surface area contributed by atoms with Gasteiger partial charge in [0.1, 0.15) is 18.2 Å². The quantitative estimate of drug-likeness (QED) is 0.672. The molecule has 3 aromatic rings. The second kappa shape index (κ2) is 7.23. The average molecular weight is 352 g/mol. The second-order valence-corrected chi connectivity index (χ2v) is 6.78. The van der Waals surface area contributed by atoms with Gasteiger partial charge in [0, 0.05) is 11.6 Å². The lowest BCUT2D eigenvalue weighted by Crippen LogP contribution is -2.15. The Bertz CT molecular complexity index is 887. The van der Waals surface area contributed by atoms with Gasteiger partial charge in [-0.15, -0.1) is 0 Å².